The molecule has 0 heterocycles. The van der Waals surface area contributed by atoms with Crippen molar-refractivity contribution in [3.63, 3.8) is 0 Å². The van der Waals surface area contributed by atoms with Gasteiger partial charge in [0, 0.05) is 37.1 Å². The van der Waals surface area contributed by atoms with Crippen molar-refractivity contribution >= 4 is 26.8 Å². The molecule has 4 aromatic rings. The summed E-state index contributed by atoms with van der Waals surface area (Å²) in [4.78, 5) is 49.7. The zero-order valence-electron chi connectivity index (χ0n) is 21.3. The summed E-state index contributed by atoms with van der Waals surface area (Å²) in [6.45, 7) is 0. The fourth-order valence-corrected chi connectivity index (χ4v) is 6.48. The van der Waals surface area contributed by atoms with Crippen LogP contribution in [0, 0.1) is 14.9 Å². The van der Waals surface area contributed by atoms with E-state index < -0.39 is 21.1 Å². The molecule has 0 aromatic heterocycles. The highest BCUT2D eigenvalue weighted by Crippen LogP contribution is 2.53. The number of rotatable bonds is 10. The van der Waals surface area contributed by atoms with Crippen LogP contribution >= 0.6 is 15.2 Å². The summed E-state index contributed by atoms with van der Waals surface area (Å²) in [6, 6.07) is 27.6. The van der Waals surface area contributed by atoms with E-state index in [0.29, 0.717) is 22.3 Å². The summed E-state index contributed by atoms with van der Waals surface area (Å²) < 4.78 is 34.6. The van der Waals surface area contributed by atoms with E-state index in [9.17, 15) is 28.5 Å². The standard InChI is InChI=1S/C27H22O8P2.2CH3/c28-26(20-7-3-1-4-8-20)22-11-15-24(16-12-22)34-36(30,31)19-37(32,33)35-25-17-13-23(14-18-25)27(29)21-9-5-2-6-10-21;;/h1-18H,19H2,(H,30,31)(H,32,33);2*1H3/q;2*+1/p-2. The molecule has 2 unspecified atom stereocenters. The van der Waals surface area contributed by atoms with E-state index in [4.69, 9.17) is 9.05 Å². The Kier molecular flexibility index (Phi) is 10.5. The minimum absolute atomic E-state index is 0. The number of ketones is 2. The van der Waals surface area contributed by atoms with Gasteiger partial charge in [-0.05, 0) is 48.5 Å². The van der Waals surface area contributed by atoms with Gasteiger partial charge in [-0.3, -0.25) is 18.7 Å². The molecule has 0 aliphatic rings. The van der Waals surface area contributed by atoms with Crippen molar-refractivity contribution < 1.29 is 37.6 Å². The van der Waals surface area contributed by atoms with Crippen molar-refractivity contribution in [1.82, 2.24) is 0 Å². The van der Waals surface area contributed by atoms with Gasteiger partial charge in [0.1, 0.15) is 11.5 Å². The van der Waals surface area contributed by atoms with Gasteiger partial charge in [-0.2, -0.15) is 0 Å². The summed E-state index contributed by atoms with van der Waals surface area (Å²) in [5.41, 5.74) is 1.55. The Morgan fingerprint density at radius 2 is 0.795 bits per heavy atom. The first-order valence-electron chi connectivity index (χ1n) is 11.0. The molecule has 2 atom stereocenters. The minimum Gasteiger partial charge on any atom is -0.769 e. The van der Waals surface area contributed by atoms with E-state index in [2.05, 4.69) is 0 Å². The number of hydrogen-bond donors (Lipinski definition) is 0. The lowest BCUT2D eigenvalue weighted by Crippen LogP contribution is -2.18. The van der Waals surface area contributed by atoms with E-state index in [1.807, 2.05) is 0 Å². The normalized spacial score (nSPS) is 13.4. The van der Waals surface area contributed by atoms with Gasteiger partial charge in [-0.25, -0.2) is 0 Å². The fraction of sp³-hybridized carbons (Fsp3) is 0.0345. The monoisotopic (exact) mass is 564 g/mol. The van der Waals surface area contributed by atoms with Gasteiger partial charge < -0.3 is 18.8 Å². The SMILES string of the molecule is O=C(c1ccccc1)c1ccc(OP(=O)([O-])CP(=O)([O-])Oc2ccc(C(=O)c3ccccc3)cc2)cc1.[CH3+].[CH3+]. The van der Waals surface area contributed by atoms with Crippen molar-refractivity contribution in [3.05, 3.63) is 146 Å². The summed E-state index contributed by atoms with van der Waals surface area (Å²) in [6.07, 6.45) is 0. The Morgan fingerprint density at radius 3 is 1.10 bits per heavy atom. The molecule has 4 rings (SSSR count). The van der Waals surface area contributed by atoms with Gasteiger partial charge in [-0.15, -0.1) is 0 Å². The molecule has 10 heteroatoms. The first-order valence-corrected chi connectivity index (χ1v) is 14.5. The van der Waals surface area contributed by atoms with Gasteiger partial charge in [0.15, 0.2) is 26.8 Å². The third-order valence-electron chi connectivity index (χ3n) is 5.14. The zero-order chi connectivity index (χ0) is 26.5. The second-order valence-electron chi connectivity index (χ2n) is 7.98. The van der Waals surface area contributed by atoms with Crippen molar-refractivity contribution in [1.29, 1.82) is 0 Å². The second kappa shape index (κ2) is 13.1. The highest BCUT2D eigenvalue weighted by Gasteiger charge is 2.22. The Bertz CT molecular complexity index is 1370. The van der Waals surface area contributed by atoms with Gasteiger partial charge in [-0.1, -0.05) is 60.7 Å². The van der Waals surface area contributed by atoms with Crippen LogP contribution in [-0.2, 0) is 9.13 Å². The van der Waals surface area contributed by atoms with Gasteiger partial charge in [0.05, 0.1) is 5.90 Å². The highest BCUT2D eigenvalue weighted by molar-refractivity contribution is 7.69. The second-order valence-corrected chi connectivity index (χ2v) is 11.9. The third-order valence-corrected chi connectivity index (χ3v) is 8.89. The van der Waals surface area contributed by atoms with Crippen LogP contribution < -0.4 is 18.8 Å². The molecule has 39 heavy (non-hydrogen) atoms. The molecule has 0 aliphatic carbocycles. The maximum absolute atomic E-state index is 12.5. The molecule has 0 fully saturated rings. The molecule has 4 aromatic carbocycles. The van der Waals surface area contributed by atoms with Crippen molar-refractivity contribution in [2.24, 2.45) is 0 Å². The lowest BCUT2D eigenvalue weighted by atomic mass is 10.0. The summed E-state index contributed by atoms with van der Waals surface area (Å²) in [7, 11) is -9.85. The molecule has 200 valence electrons. The largest absolute Gasteiger partial charge is 0.769 e. The van der Waals surface area contributed by atoms with E-state index >= 15 is 0 Å². The van der Waals surface area contributed by atoms with Crippen LogP contribution in [0.5, 0.6) is 11.5 Å². The van der Waals surface area contributed by atoms with Crippen molar-refractivity contribution in [3.8, 4) is 11.5 Å². The maximum atomic E-state index is 12.5. The fourth-order valence-electron chi connectivity index (χ4n) is 3.44. The number of carbonyl (C=O) groups is 2. The van der Waals surface area contributed by atoms with E-state index in [-0.39, 0.29) is 37.9 Å². The van der Waals surface area contributed by atoms with Gasteiger partial charge >= 0.3 is 0 Å². The molecule has 0 bridgehead atoms. The average Bonchev–Trinajstić information content (AvgIpc) is 2.88. The molecule has 0 amide bonds. The van der Waals surface area contributed by atoms with Gasteiger partial charge in [0.2, 0.25) is 0 Å². The molecular weight excluding hydrogens is 538 g/mol. The third kappa shape index (κ3) is 8.47. The van der Waals surface area contributed by atoms with Crippen molar-refractivity contribution in [2.45, 2.75) is 0 Å². The van der Waals surface area contributed by atoms with Crippen LogP contribution in [0.2, 0.25) is 0 Å². The summed E-state index contributed by atoms with van der Waals surface area (Å²) >= 11 is 0. The summed E-state index contributed by atoms with van der Waals surface area (Å²) in [5.74, 6) is -2.20. The van der Waals surface area contributed by atoms with Gasteiger partial charge in [0.25, 0.3) is 0 Å². The molecule has 0 aliphatic heterocycles. The molecule has 0 saturated heterocycles. The number of carbonyl (C=O) groups excluding carboxylic acids is 2. The Morgan fingerprint density at radius 1 is 0.513 bits per heavy atom. The zero-order valence-corrected chi connectivity index (χ0v) is 23.0. The molecule has 0 N–H and O–H groups in total. The van der Waals surface area contributed by atoms with Crippen LogP contribution in [0.15, 0.2) is 109 Å². The van der Waals surface area contributed by atoms with E-state index in [0.717, 1.165) is 0 Å². The van der Waals surface area contributed by atoms with Crippen molar-refractivity contribution in [2.75, 3.05) is 5.90 Å². The van der Waals surface area contributed by atoms with Crippen LogP contribution in [0.1, 0.15) is 31.8 Å². The predicted molar refractivity (Wildman–Crippen MR) is 147 cm³/mol. The van der Waals surface area contributed by atoms with Crippen LogP contribution in [-0.4, -0.2) is 17.5 Å². The van der Waals surface area contributed by atoms with Crippen LogP contribution in [0.4, 0.5) is 0 Å². The quantitative estimate of drug-likeness (QED) is 0.139. The van der Waals surface area contributed by atoms with Crippen LogP contribution in [0.25, 0.3) is 0 Å². The topological polar surface area (TPSA) is 133 Å². The first kappa shape index (κ1) is 31.2. The number of benzene rings is 4. The lowest BCUT2D eigenvalue weighted by Gasteiger charge is -2.31. The van der Waals surface area contributed by atoms with Crippen LogP contribution in [0.3, 0.4) is 0 Å². The number of hydrogen-bond acceptors (Lipinski definition) is 8. The predicted octanol–water partition coefficient (Wildman–Crippen LogP) is 5.57. The molecule has 0 radical (unpaired) electrons. The lowest BCUT2D eigenvalue weighted by molar-refractivity contribution is -0.199. The Balaban J connectivity index is 0.00000267. The Labute approximate surface area is 228 Å². The highest BCUT2D eigenvalue weighted by atomic mass is 31.2. The Hall–Kier alpha value is -4.06. The first-order chi connectivity index (χ1) is 17.6. The molecule has 0 saturated carbocycles. The smallest absolute Gasteiger partial charge is 0.194 e. The minimum atomic E-state index is -4.92. The van der Waals surface area contributed by atoms with E-state index in [1.165, 1.54) is 48.5 Å². The van der Waals surface area contributed by atoms with E-state index in [1.54, 1.807) is 60.7 Å². The average molecular weight is 564 g/mol. The maximum Gasteiger partial charge on any atom is 0.194 e. The molecule has 0 spiro atoms. The molecule has 8 nitrogen and oxygen atoms in total. The summed E-state index contributed by atoms with van der Waals surface area (Å²) in [5, 5.41) is 0. The molecular formula is C29H26O8P2.